The first kappa shape index (κ1) is 24.9. The zero-order chi connectivity index (χ0) is 25.6. The normalized spacial score (nSPS) is 14.7. The van der Waals surface area contributed by atoms with Gasteiger partial charge in [0.2, 0.25) is 5.95 Å². The van der Waals surface area contributed by atoms with Crippen molar-refractivity contribution >= 4 is 35.0 Å². The van der Waals surface area contributed by atoms with Gasteiger partial charge in [-0.05, 0) is 41.5 Å². The Hall–Kier alpha value is -3.77. The lowest BCUT2D eigenvalue weighted by Crippen LogP contribution is -2.31. The highest BCUT2D eigenvalue weighted by atomic mass is 32.2. The molecule has 0 unspecified atom stereocenters. The van der Waals surface area contributed by atoms with Gasteiger partial charge in [-0.25, -0.2) is 4.79 Å². The summed E-state index contributed by atoms with van der Waals surface area (Å²) in [4.78, 5) is 13.3. The van der Waals surface area contributed by atoms with Crippen LogP contribution in [-0.2, 0) is 9.53 Å². The van der Waals surface area contributed by atoms with Gasteiger partial charge in [0.25, 0.3) is 0 Å². The Morgan fingerprint density at radius 1 is 1.08 bits per heavy atom. The van der Waals surface area contributed by atoms with Crippen molar-refractivity contribution in [1.29, 1.82) is 0 Å². The van der Waals surface area contributed by atoms with Crippen molar-refractivity contribution in [2.45, 2.75) is 30.6 Å². The summed E-state index contributed by atoms with van der Waals surface area (Å²) < 4.78 is 13.6. The fourth-order valence-electron chi connectivity index (χ4n) is 3.87. The number of hydrogen-bond acceptors (Lipinski definition) is 11. The lowest BCUT2D eigenvalue weighted by molar-refractivity contribution is -0.139. The van der Waals surface area contributed by atoms with Crippen LogP contribution in [0, 0.1) is 0 Å². The van der Waals surface area contributed by atoms with E-state index in [0.717, 1.165) is 32.6 Å². The van der Waals surface area contributed by atoms with E-state index in [4.69, 9.17) is 9.47 Å². The quantitative estimate of drug-likeness (QED) is 0.228. The van der Waals surface area contributed by atoms with Crippen molar-refractivity contribution in [3.8, 4) is 16.3 Å². The summed E-state index contributed by atoms with van der Waals surface area (Å²) in [5.74, 6) is 1.21. The zero-order valence-electron chi connectivity index (χ0n) is 20.3. The van der Waals surface area contributed by atoms with Gasteiger partial charge in [0, 0.05) is 17.0 Å². The molecule has 0 aliphatic carbocycles. The third-order valence-electron chi connectivity index (χ3n) is 5.53. The van der Waals surface area contributed by atoms with Crippen molar-refractivity contribution in [3.05, 3.63) is 71.4 Å². The standard InChI is InChI=1S/C25H25N7O3S2/c1-3-14-35-18-12-10-16(11-13-18)21-20(23(33)34-4-2)19(26-24-28-30-31-32(21)24)15-36-25-29-27-22(37-25)17-8-6-5-7-9-17/h5-13,21H,3-4,14-15H2,1-2H3,(H,26,28,31)/t21-/m1/s1. The molecule has 3 heterocycles. The van der Waals surface area contributed by atoms with E-state index in [-0.39, 0.29) is 6.61 Å². The third-order valence-corrected chi connectivity index (χ3v) is 7.66. The van der Waals surface area contributed by atoms with E-state index in [1.807, 2.05) is 54.6 Å². The van der Waals surface area contributed by atoms with Gasteiger partial charge < -0.3 is 14.8 Å². The van der Waals surface area contributed by atoms with E-state index in [1.165, 1.54) is 23.1 Å². The minimum atomic E-state index is -0.560. The van der Waals surface area contributed by atoms with Crippen LogP contribution in [-0.4, -0.2) is 55.3 Å². The number of anilines is 1. The molecule has 0 spiro atoms. The molecule has 190 valence electrons. The van der Waals surface area contributed by atoms with Gasteiger partial charge in [-0.3, -0.25) is 0 Å². The number of ether oxygens (including phenoxy) is 2. The summed E-state index contributed by atoms with van der Waals surface area (Å²) in [6.07, 6.45) is 0.919. The maximum atomic E-state index is 13.3. The van der Waals surface area contributed by atoms with E-state index < -0.39 is 12.0 Å². The van der Waals surface area contributed by atoms with Gasteiger partial charge in [0.15, 0.2) is 4.34 Å². The van der Waals surface area contributed by atoms with Gasteiger partial charge in [-0.15, -0.1) is 10.2 Å². The molecule has 0 amide bonds. The smallest absolute Gasteiger partial charge is 0.338 e. The number of rotatable bonds is 10. The number of tetrazole rings is 1. The van der Waals surface area contributed by atoms with Crippen LogP contribution in [0.25, 0.3) is 10.6 Å². The number of nitrogens with zero attached hydrogens (tertiary/aromatic N) is 6. The fraction of sp³-hybridized carbons (Fsp3) is 0.280. The Bertz CT molecular complexity index is 1390. The molecule has 1 atom stereocenters. The largest absolute Gasteiger partial charge is 0.494 e. The first-order valence-electron chi connectivity index (χ1n) is 11.9. The molecular weight excluding hydrogens is 510 g/mol. The molecule has 0 fully saturated rings. The fourth-order valence-corrected chi connectivity index (χ4v) is 5.70. The third kappa shape index (κ3) is 5.49. The van der Waals surface area contributed by atoms with Gasteiger partial charge >= 0.3 is 5.97 Å². The van der Waals surface area contributed by atoms with Crippen LogP contribution in [0.4, 0.5) is 5.95 Å². The van der Waals surface area contributed by atoms with Crippen LogP contribution in [0.5, 0.6) is 5.75 Å². The highest BCUT2D eigenvalue weighted by molar-refractivity contribution is 8.01. The van der Waals surface area contributed by atoms with E-state index in [0.29, 0.717) is 29.6 Å². The number of fused-ring (bicyclic) bond motifs is 1. The number of aromatic nitrogens is 6. The molecule has 1 N–H and O–H groups in total. The van der Waals surface area contributed by atoms with Crippen LogP contribution in [0.1, 0.15) is 31.9 Å². The van der Waals surface area contributed by atoms with Crippen LogP contribution in [0.15, 0.2) is 70.2 Å². The first-order valence-corrected chi connectivity index (χ1v) is 13.7. The van der Waals surface area contributed by atoms with Crippen molar-refractivity contribution in [1.82, 2.24) is 30.4 Å². The average Bonchev–Trinajstić information content (AvgIpc) is 3.60. The molecule has 5 rings (SSSR count). The van der Waals surface area contributed by atoms with Crippen LogP contribution < -0.4 is 10.1 Å². The summed E-state index contributed by atoms with van der Waals surface area (Å²) in [6, 6.07) is 17.0. The van der Waals surface area contributed by atoms with Crippen LogP contribution in [0.3, 0.4) is 0 Å². The predicted octanol–water partition coefficient (Wildman–Crippen LogP) is 4.60. The lowest BCUT2D eigenvalue weighted by Gasteiger charge is -2.28. The summed E-state index contributed by atoms with van der Waals surface area (Å²) >= 11 is 2.99. The van der Waals surface area contributed by atoms with E-state index in [1.54, 1.807) is 11.6 Å². The minimum Gasteiger partial charge on any atom is -0.494 e. The molecule has 12 heteroatoms. The number of esters is 1. The summed E-state index contributed by atoms with van der Waals surface area (Å²) in [7, 11) is 0. The second kappa shape index (κ2) is 11.5. The summed E-state index contributed by atoms with van der Waals surface area (Å²) in [6.45, 7) is 4.73. The molecule has 4 aromatic rings. The van der Waals surface area contributed by atoms with Gasteiger partial charge in [-0.2, -0.15) is 4.68 Å². The highest BCUT2D eigenvalue weighted by Crippen LogP contribution is 2.38. The number of thioether (sulfide) groups is 1. The molecule has 0 saturated heterocycles. The highest BCUT2D eigenvalue weighted by Gasteiger charge is 2.36. The Labute approximate surface area is 222 Å². The maximum Gasteiger partial charge on any atom is 0.338 e. The van der Waals surface area contributed by atoms with Gasteiger partial charge in [-0.1, -0.05) is 77.6 Å². The second-order valence-corrected chi connectivity index (χ2v) is 10.2. The molecule has 0 bridgehead atoms. The Morgan fingerprint density at radius 3 is 2.65 bits per heavy atom. The van der Waals surface area contributed by atoms with Crippen molar-refractivity contribution < 1.29 is 14.3 Å². The van der Waals surface area contributed by atoms with Crippen molar-refractivity contribution in [2.24, 2.45) is 0 Å². The summed E-state index contributed by atoms with van der Waals surface area (Å²) in [5.41, 5.74) is 2.97. The van der Waals surface area contributed by atoms with Crippen LogP contribution >= 0.6 is 23.1 Å². The monoisotopic (exact) mass is 535 g/mol. The van der Waals surface area contributed by atoms with Crippen molar-refractivity contribution in [2.75, 3.05) is 24.3 Å². The molecule has 37 heavy (non-hydrogen) atoms. The zero-order valence-corrected chi connectivity index (χ0v) is 22.0. The van der Waals surface area contributed by atoms with E-state index in [2.05, 4.69) is 38.0 Å². The molecule has 2 aromatic carbocycles. The minimum absolute atomic E-state index is 0.249. The summed E-state index contributed by atoms with van der Waals surface area (Å²) in [5, 5.41) is 24.9. The Balaban J connectivity index is 1.46. The topological polar surface area (TPSA) is 117 Å². The molecule has 1 aliphatic rings. The molecule has 0 radical (unpaired) electrons. The molecule has 10 nitrogen and oxygen atoms in total. The Morgan fingerprint density at radius 2 is 1.89 bits per heavy atom. The second-order valence-electron chi connectivity index (χ2n) is 8.03. The number of hydrogen-bond donors (Lipinski definition) is 1. The SMILES string of the molecule is CCCOc1ccc([C@@H]2C(C(=O)OCC)=C(CSc3nnc(-c4ccccc4)s3)Nc3nnnn32)cc1. The Kier molecular flexibility index (Phi) is 7.76. The van der Waals surface area contributed by atoms with Crippen molar-refractivity contribution in [3.63, 3.8) is 0 Å². The average molecular weight is 536 g/mol. The maximum absolute atomic E-state index is 13.3. The molecule has 0 saturated carbocycles. The lowest BCUT2D eigenvalue weighted by atomic mass is 9.95. The van der Waals surface area contributed by atoms with Gasteiger partial charge in [0.05, 0.1) is 18.8 Å². The molecule has 1 aliphatic heterocycles. The van der Waals surface area contributed by atoms with E-state index in [9.17, 15) is 4.79 Å². The number of carbonyl (C=O) groups excluding carboxylic acids is 1. The number of benzene rings is 2. The van der Waals surface area contributed by atoms with Gasteiger partial charge in [0.1, 0.15) is 16.8 Å². The first-order chi connectivity index (χ1) is 18.2. The number of nitrogens with one attached hydrogen (secondary N) is 1. The predicted molar refractivity (Wildman–Crippen MR) is 142 cm³/mol. The van der Waals surface area contributed by atoms with Crippen LogP contribution in [0.2, 0.25) is 0 Å². The molecule has 2 aromatic heterocycles. The number of carbonyl (C=O) groups is 1. The van der Waals surface area contributed by atoms with E-state index >= 15 is 0 Å². The molecular formula is C25H25N7O3S2.